The fourth-order valence-electron chi connectivity index (χ4n) is 2.91. The number of pyridine rings is 1. The number of amides is 1. The second kappa shape index (κ2) is 9.24. The average molecular weight is 443 g/mol. The Kier molecular flexibility index (Phi) is 6.26. The van der Waals surface area contributed by atoms with E-state index in [1.165, 1.54) is 29.2 Å². The number of nitrogens with one attached hydrogen (secondary N) is 1. The molecule has 0 saturated carbocycles. The Morgan fingerprint density at radius 3 is 2.70 bits per heavy atom. The van der Waals surface area contributed by atoms with E-state index in [9.17, 15) is 14.7 Å². The molecule has 10 heteroatoms. The van der Waals surface area contributed by atoms with Gasteiger partial charge in [0.05, 0.1) is 34.7 Å². The highest BCUT2D eigenvalue weighted by Crippen LogP contribution is 2.35. The fraction of sp³-hybridized carbons (Fsp3) is 0.200. The normalized spacial score (nSPS) is 13.8. The van der Waals surface area contributed by atoms with Crippen LogP contribution >= 0.6 is 23.1 Å². The van der Waals surface area contributed by atoms with Gasteiger partial charge in [-0.2, -0.15) is 0 Å². The van der Waals surface area contributed by atoms with Crippen LogP contribution in [0.4, 0.5) is 10.9 Å². The number of carboxylic acid groups (broad SMARTS) is 1. The third kappa shape index (κ3) is 4.78. The molecule has 0 atom stereocenters. The van der Waals surface area contributed by atoms with Crippen molar-refractivity contribution in [2.24, 2.45) is 0 Å². The number of nitrogens with zero attached hydrogens (tertiary/aromatic N) is 3. The number of rotatable bonds is 6. The molecule has 1 amide bonds. The molecular weight excluding hydrogens is 424 g/mol. The molecule has 8 nitrogen and oxygen atoms in total. The summed E-state index contributed by atoms with van der Waals surface area (Å²) >= 11 is 2.87. The molecule has 1 saturated heterocycles. The maximum atomic E-state index is 12.9. The van der Waals surface area contributed by atoms with E-state index in [4.69, 9.17) is 4.74 Å². The highest BCUT2D eigenvalue weighted by atomic mass is 32.2. The number of carbonyl (C=O) groups excluding carboxylic acids is 1. The van der Waals surface area contributed by atoms with Crippen molar-refractivity contribution in [2.75, 3.05) is 31.6 Å². The van der Waals surface area contributed by atoms with Crippen molar-refractivity contribution in [3.8, 4) is 0 Å². The molecule has 3 heterocycles. The summed E-state index contributed by atoms with van der Waals surface area (Å²) in [6.07, 6.45) is 3.43. The van der Waals surface area contributed by atoms with E-state index in [2.05, 4.69) is 15.3 Å². The Balaban J connectivity index is 1.53. The topological polar surface area (TPSA) is 105 Å². The molecule has 2 aromatic heterocycles. The maximum Gasteiger partial charge on any atom is 0.336 e. The smallest absolute Gasteiger partial charge is 0.336 e. The molecule has 1 fully saturated rings. The minimum absolute atomic E-state index is 0.00217. The Bertz CT molecular complexity index is 1050. The molecule has 2 N–H and O–H groups in total. The lowest BCUT2D eigenvalue weighted by molar-refractivity contribution is 0.0300. The lowest BCUT2D eigenvalue weighted by Crippen LogP contribution is -2.41. The van der Waals surface area contributed by atoms with Crippen LogP contribution in [0.2, 0.25) is 0 Å². The van der Waals surface area contributed by atoms with E-state index < -0.39 is 5.97 Å². The van der Waals surface area contributed by atoms with Crippen LogP contribution in [0.5, 0.6) is 0 Å². The van der Waals surface area contributed by atoms with Gasteiger partial charge in [-0.1, -0.05) is 29.2 Å². The van der Waals surface area contributed by atoms with Gasteiger partial charge in [0.1, 0.15) is 5.82 Å². The molecule has 4 rings (SSSR count). The van der Waals surface area contributed by atoms with Gasteiger partial charge in [-0.3, -0.25) is 4.79 Å². The SMILES string of the molecule is O=C(O)c1ccc(Sc2cnc(Nc3ccccn3)s2)cc1C(=O)N1CCOCC1. The predicted octanol–water partition coefficient (Wildman–Crippen LogP) is 3.60. The van der Waals surface area contributed by atoms with Gasteiger partial charge in [0, 0.05) is 24.2 Å². The zero-order valence-electron chi connectivity index (χ0n) is 15.8. The van der Waals surface area contributed by atoms with Crippen LogP contribution in [0, 0.1) is 0 Å². The molecule has 154 valence electrons. The third-order valence-corrected chi connectivity index (χ3v) is 6.36. The average Bonchev–Trinajstić information content (AvgIpc) is 3.21. The summed E-state index contributed by atoms with van der Waals surface area (Å²) in [5.41, 5.74) is 0.184. The van der Waals surface area contributed by atoms with Crippen molar-refractivity contribution in [2.45, 2.75) is 9.10 Å². The van der Waals surface area contributed by atoms with Gasteiger partial charge in [0.2, 0.25) is 0 Å². The highest BCUT2D eigenvalue weighted by molar-refractivity contribution is 8.01. The van der Waals surface area contributed by atoms with Crippen molar-refractivity contribution < 1.29 is 19.4 Å². The van der Waals surface area contributed by atoms with Crippen molar-refractivity contribution in [3.05, 3.63) is 59.9 Å². The number of aromatic nitrogens is 2. The van der Waals surface area contributed by atoms with E-state index in [1.54, 1.807) is 29.4 Å². The zero-order valence-corrected chi connectivity index (χ0v) is 17.4. The van der Waals surface area contributed by atoms with Crippen LogP contribution in [0.15, 0.2) is 57.9 Å². The molecule has 30 heavy (non-hydrogen) atoms. The maximum absolute atomic E-state index is 12.9. The Hall–Kier alpha value is -2.95. The number of ether oxygens (including phenoxy) is 1. The van der Waals surface area contributed by atoms with Gasteiger partial charge in [0.15, 0.2) is 5.13 Å². The number of anilines is 2. The molecule has 1 aromatic carbocycles. The molecule has 1 aliphatic heterocycles. The Labute approximate surface area is 180 Å². The van der Waals surface area contributed by atoms with Crippen molar-refractivity contribution in [1.29, 1.82) is 0 Å². The van der Waals surface area contributed by atoms with E-state index in [0.717, 1.165) is 9.10 Å². The van der Waals surface area contributed by atoms with Gasteiger partial charge >= 0.3 is 5.97 Å². The second-order valence-corrected chi connectivity index (χ2v) is 8.75. The van der Waals surface area contributed by atoms with Gasteiger partial charge < -0.3 is 20.1 Å². The summed E-state index contributed by atoms with van der Waals surface area (Å²) < 4.78 is 6.18. The summed E-state index contributed by atoms with van der Waals surface area (Å²) in [5.74, 6) is -0.713. The lowest BCUT2D eigenvalue weighted by atomic mass is 10.1. The first-order valence-corrected chi connectivity index (χ1v) is 10.8. The molecule has 0 bridgehead atoms. The van der Waals surface area contributed by atoms with Crippen LogP contribution in [0.3, 0.4) is 0 Å². The van der Waals surface area contributed by atoms with Gasteiger partial charge in [-0.15, -0.1) is 0 Å². The second-order valence-electron chi connectivity index (χ2n) is 6.34. The molecule has 0 spiro atoms. The van der Waals surface area contributed by atoms with Crippen LogP contribution in [0.25, 0.3) is 0 Å². The van der Waals surface area contributed by atoms with E-state index in [-0.39, 0.29) is 17.0 Å². The number of morpholine rings is 1. The van der Waals surface area contributed by atoms with E-state index in [0.29, 0.717) is 37.3 Å². The molecule has 0 aliphatic carbocycles. The lowest BCUT2D eigenvalue weighted by Gasteiger charge is -2.27. The Morgan fingerprint density at radius 2 is 1.97 bits per heavy atom. The summed E-state index contributed by atoms with van der Waals surface area (Å²) in [7, 11) is 0. The largest absolute Gasteiger partial charge is 0.478 e. The highest BCUT2D eigenvalue weighted by Gasteiger charge is 2.24. The molecule has 0 radical (unpaired) electrons. The zero-order chi connectivity index (χ0) is 20.9. The number of carboxylic acids is 1. The number of thiazole rings is 1. The molecule has 3 aromatic rings. The van der Waals surface area contributed by atoms with Gasteiger partial charge in [0.25, 0.3) is 5.91 Å². The van der Waals surface area contributed by atoms with Crippen LogP contribution in [0.1, 0.15) is 20.7 Å². The summed E-state index contributed by atoms with van der Waals surface area (Å²) in [4.78, 5) is 35.5. The van der Waals surface area contributed by atoms with Crippen LogP contribution in [-0.2, 0) is 4.74 Å². The summed E-state index contributed by atoms with van der Waals surface area (Å²) in [5, 5.41) is 13.3. The van der Waals surface area contributed by atoms with Crippen LogP contribution < -0.4 is 5.32 Å². The number of hydrogen-bond donors (Lipinski definition) is 2. The third-order valence-electron chi connectivity index (χ3n) is 4.35. The van der Waals surface area contributed by atoms with Crippen molar-refractivity contribution >= 4 is 45.9 Å². The van der Waals surface area contributed by atoms with Gasteiger partial charge in [-0.05, 0) is 30.3 Å². The first kappa shape index (κ1) is 20.3. The summed E-state index contributed by atoms with van der Waals surface area (Å²) in [6.45, 7) is 1.81. The molecule has 1 aliphatic rings. The van der Waals surface area contributed by atoms with Gasteiger partial charge in [-0.25, -0.2) is 14.8 Å². The quantitative estimate of drug-likeness (QED) is 0.597. The van der Waals surface area contributed by atoms with E-state index >= 15 is 0 Å². The van der Waals surface area contributed by atoms with E-state index in [1.807, 2.05) is 18.2 Å². The predicted molar refractivity (Wildman–Crippen MR) is 114 cm³/mol. The standard InChI is InChI=1S/C20H18N4O4S2/c25-18(24-7-9-28-10-8-24)15-11-13(4-5-14(15)19(26)27)29-17-12-22-20(30-17)23-16-3-1-2-6-21-16/h1-6,11-12H,7-10H2,(H,26,27)(H,21,22,23). The number of benzene rings is 1. The first-order chi connectivity index (χ1) is 14.6. The minimum atomic E-state index is -1.12. The number of hydrogen-bond acceptors (Lipinski definition) is 8. The Morgan fingerprint density at radius 1 is 1.13 bits per heavy atom. The van der Waals surface area contributed by atoms with Crippen molar-refractivity contribution in [3.63, 3.8) is 0 Å². The van der Waals surface area contributed by atoms with Crippen LogP contribution in [-0.4, -0.2) is 58.2 Å². The number of carbonyl (C=O) groups is 2. The molecular formula is C20H18N4O4S2. The first-order valence-electron chi connectivity index (χ1n) is 9.16. The minimum Gasteiger partial charge on any atom is -0.478 e. The monoisotopic (exact) mass is 442 g/mol. The fourth-order valence-corrected chi connectivity index (χ4v) is 4.81. The molecule has 0 unspecified atom stereocenters. The number of aromatic carboxylic acids is 1. The summed E-state index contributed by atoms with van der Waals surface area (Å²) in [6, 6.07) is 10.4. The van der Waals surface area contributed by atoms with Crippen molar-refractivity contribution in [1.82, 2.24) is 14.9 Å².